The molecule has 6 nitrogen and oxygen atoms in total. The molecule has 1 aliphatic heterocycles. The molecular formula is C23H26N4O2S. The maximum absolute atomic E-state index is 5.80. The number of rotatable bonds is 6. The van der Waals surface area contributed by atoms with Gasteiger partial charge in [0.15, 0.2) is 5.11 Å². The molecule has 1 fully saturated rings. The molecule has 1 aromatic carbocycles. The molecule has 4 rings (SSSR count). The van der Waals surface area contributed by atoms with E-state index in [-0.39, 0.29) is 12.1 Å². The Balaban J connectivity index is 1.84. The average molecular weight is 423 g/mol. The SMILES string of the molecule is COc1ccc(N2C(=S)NC(c3ccccn3)C2c2ccn(C(C)C)c2)c(OC)c1. The van der Waals surface area contributed by atoms with Crippen LogP contribution in [0, 0.1) is 0 Å². The number of anilines is 1. The number of nitrogens with zero attached hydrogens (tertiary/aromatic N) is 3. The van der Waals surface area contributed by atoms with Crippen LogP contribution >= 0.6 is 12.2 Å². The van der Waals surface area contributed by atoms with Crippen LogP contribution in [-0.4, -0.2) is 28.9 Å². The van der Waals surface area contributed by atoms with E-state index in [0.29, 0.717) is 16.9 Å². The van der Waals surface area contributed by atoms with Crippen molar-refractivity contribution < 1.29 is 9.47 Å². The van der Waals surface area contributed by atoms with Gasteiger partial charge in [-0.05, 0) is 62.0 Å². The fourth-order valence-corrected chi connectivity index (χ4v) is 4.20. The summed E-state index contributed by atoms with van der Waals surface area (Å²) in [6.07, 6.45) is 6.11. The summed E-state index contributed by atoms with van der Waals surface area (Å²) in [5, 5.41) is 4.12. The van der Waals surface area contributed by atoms with Gasteiger partial charge in [0, 0.05) is 30.7 Å². The molecule has 3 heterocycles. The highest BCUT2D eigenvalue weighted by Crippen LogP contribution is 2.45. The van der Waals surface area contributed by atoms with Crippen molar-refractivity contribution >= 4 is 23.0 Å². The molecular weight excluding hydrogens is 396 g/mol. The van der Waals surface area contributed by atoms with E-state index >= 15 is 0 Å². The van der Waals surface area contributed by atoms with Gasteiger partial charge in [-0.3, -0.25) is 4.98 Å². The first-order chi connectivity index (χ1) is 14.5. The van der Waals surface area contributed by atoms with Gasteiger partial charge in [-0.2, -0.15) is 0 Å². The lowest BCUT2D eigenvalue weighted by molar-refractivity contribution is 0.394. The first kappa shape index (κ1) is 20.2. The Labute approximate surface area is 182 Å². The summed E-state index contributed by atoms with van der Waals surface area (Å²) in [6, 6.07) is 14.1. The molecule has 2 atom stereocenters. The zero-order valence-electron chi connectivity index (χ0n) is 17.6. The van der Waals surface area contributed by atoms with E-state index in [1.165, 1.54) is 0 Å². The highest BCUT2D eigenvalue weighted by Gasteiger charge is 2.42. The fourth-order valence-electron chi connectivity index (χ4n) is 3.86. The van der Waals surface area contributed by atoms with E-state index in [0.717, 1.165) is 22.7 Å². The van der Waals surface area contributed by atoms with Crippen LogP contribution in [0.5, 0.6) is 11.5 Å². The molecule has 2 unspecified atom stereocenters. The van der Waals surface area contributed by atoms with Crippen LogP contribution < -0.4 is 19.7 Å². The molecule has 1 aliphatic rings. The molecule has 7 heteroatoms. The topological polar surface area (TPSA) is 51.5 Å². The summed E-state index contributed by atoms with van der Waals surface area (Å²) in [5.74, 6) is 1.44. The number of hydrogen-bond donors (Lipinski definition) is 1. The highest BCUT2D eigenvalue weighted by molar-refractivity contribution is 7.80. The van der Waals surface area contributed by atoms with Crippen molar-refractivity contribution in [3.05, 3.63) is 72.3 Å². The zero-order valence-corrected chi connectivity index (χ0v) is 18.4. The zero-order chi connectivity index (χ0) is 21.3. The number of ether oxygens (including phenoxy) is 2. The minimum atomic E-state index is -0.0893. The van der Waals surface area contributed by atoms with Crippen molar-refractivity contribution in [2.45, 2.75) is 32.0 Å². The predicted molar refractivity (Wildman–Crippen MR) is 122 cm³/mol. The van der Waals surface area contributed by atoms with Gasteiger partial charge >= 0.3 is 0 Å². The van der Waals surface area contributed by atoms with Crippen LogP contribution in [0.15, 0.2) is 61.1 Å². The van der Waals surface area contributed by atoms with E-state index in [4.69, 9.17) is 21.7 Å². The molecule has 30 heavy (non-hydrogen) atoms. The average Bonchev–Trinajstić information content (AvgIpc) is 3.38. The Morgan fingerprint density at radius 1 is 1.10 bits per heavy atom. The Bertz CT molecular complexity index is 1030. The smallest absolute Gasteiger partial charge is 0.174 e. The summed E-state index contributed by atoms with van der Waals surface area (Å²) < 4.78 is 13.3. The third-order valence-electron chi connectivity index (χ3n) is 5.42. The summed E-state index contributed by atoms with van der Waals surface area (Å²) in [6.45, 7) is 4.34. The number of methoxy groups -OCH3 is 2. The van der Waals surface area contributed by atoms with E-state index in [2.05, 4.69) is 52.1 Å². The monoisotopic (exact) mass is 422 g/mol. The van der Waals surface area contributed by atoms with Gasteiger partial charge in [-0.15, -0.1) is 0 Å². The van der Waals surface area contributed by atoms with Crippen molar-refractivity contribution in [2.24, 2.45) is 0 Å². The van der Waals surface area contributed by atoms with E-state index in [9.17, 15) is 0 Å². The van der Waals surface area contributed by atoms with Gasteiger partial charge in [0.2, 0.25) is 0 Å². The molecule has 0 amide bonds. The van der Waals surface area contributed by atoms with Crippen LogP contribution in [0.3, 0.4) is 0 Å². The van der Waals surface area contributed by atoms with Crippen molar-refractivity contribution in [3.63, 3.8) is 0 Å². The molecule has 3 aromatic rings. The van der Waals surface area contributed by atoms with Gasteiger partial charge in [-0.1, -0.05) is 6.07 Å². The number of thiocarbonyl (C=S) groups is 1. The highest BCUT2D eigenvalue weighted by atomic mass is 32.1. The number of nitrogens with one attached hydrogen (secondary N) is 1. The van der Waals surface area contributed by atoms with Crippen molar-refractivity contribution in [3.8, 4) is 11.5 Å². The third-order valence-corrected chi connectivity index (χ3v) is 5.73. The number of hydrogen-bond acceptors (Lipinski definition) is 4. The summed E-state index contributed by atoms with van der Waals surface area (Å²) in [7, 11) is 3.30. The molecule has 156 valence electrons. The van der Waals surface area contributed by atoms with Gasteiger partial charge in [-0.25, -0.2) is 0 Å². The molecule has 0 radical (unpaired) electrons. The lowest BCUT2D eigenvalue weighted by Crippen LogP contribution is -2.29. The van der Waals surface area contributed by atoms with Gasteiger partial charge in [0.1, 0.15) is 11.5 Å². The largest absolute Gasteiger partial charge is 0.497 e. The molecule has 0 bridgehead atoms. The minimum absolute atomic E-state index is 0.0744. The Morgan fingerprint density at radius 2 is 1.93 bits per heavy atom. The molecule has 0 aliphatic carbocycles. The van der Waals surface area contributed by atoms with Gasteiger partial charge < -0.3 is 24.3 Å². The predicted octanol–water partition coefficient (Wildman–Crippen LogP) is 4.66. The molecule has 1 N–H and O–H groups in total. The van der Waals surface area contributed by atoms with Gasteiger partial charge in [0.05, 0.1) is 37.7 Å². The van der Waals surface area contributed by atoms with Crippen LogP contribution in [0.4, 0.5) is 5.69 Å². The standard InChI is InChI=1S/C23H26N4O2S/c1-15(2)26-12-10-16(14-26)22-21(18-7-5-6-11-24-18)25-23(30)27(22)19-9-8-17(28-3)13-20(19)29-4/h5-15,21-22H,1-4H3,(H,25,30). The number of benzene rings is 1. The van der Waals surface area contributed by atoms with Crippen molar-refractivity contribution in [1.82, 2.24) is 14.9 Å². The molecule has 0 spiro atoms. The molecule has 1 saturated heterocycles. The first-order valence-electron chi connectivity index (χ1n) is 9.93. The third kappa shape index (κ3) is 3.61. The second kappa shape index (κ2) is 8.36. The summed E-state index contributed by atoms with van der Waals surface area (Å²) in [5.41, 5.74) is 2.98. The Kier molecular flexibility index (Phi) is 5.63. The van der Waals surface area contributed by atoms with Crippen molar-refractivity contribution in [2.75, 3.05) is 19.1 Å². The Morgan fingerprint density at radius 3 is 2.57 bits per heavy atom. The van der Waals surface area contributed by atoms with Crippen LogP contribution in [0.2, 0.25) is 0 Å². The Hall–Kier alpha value is -3.06. The maximum Gasteiger partial charge on any atom is 0.174 e. The second-order valence-electron chi connectivity index (χ2n) is 7.52. The maximum atomic E-state index is 5.80. The summed E-state index contributed by atoms with van der Waals surface area (Å²) in [4.78, 5) is 6.72. The quantitative estimate of drug-likeness (QED) is 0.583. The van der Waals surface area contributed by atoms with E-state index in [1.54, 1.807) is 14.2 Å². The minimum Gasteiger partial charge on any atom is -0.497 e. The van der Waals surface area contributed by atoms with E-state index in [1.807, 2.05) is 42.6 Å². The number of pyridine rings is 1. The van der Waals surface area contributed by atoms with Crippen LogP contribution in [0.1, 0.15) is 43.2 Å². The lowest BCUT2D eigenvalue weighted by atomic mass is 9.98. The fraction of sp³-hybridized carbons (Fsp3) is 0.304. The van der Waals surface area contributed by atoms with Crippen LogP contribution in [-0.2, 0) is 0 Å². The van der Waals surface area contributed by atoms with Crippen LogP contribution in [0.25, 0.3) is 0 Å². The molecule has 0 saturated carbocycles. The first-order valence-corrected chi connectivity index (χ1v) is 10.3. The van der Waals surface area contributed by atoms with E-state index < -0.39 is 0 Å². The summed E-state index contributed by atoms with van der Waals surface area (Å²) >= 11 is 5.80. The molecule has 2 aromatic heterocycles. The van der Waals surface area contributed by atoms with Crippen molar-refractivity contribution in [1.29, 1.82) is 0 Å². The number of aromatic nitrogens is 2. The second-order valence-corrected chi connectivity index (χ2v) is 7.91. The lowest BCUT2D eigenvalue weighted by Gasteiger charge is -2.28. The normalized spacial score (nSPS) is 18.6. The van der Waals surface area contributed by atoms with Gasteiger partial charge in [0.25, 0.3) is 0 Å².